The molecule has 1 aromatic carbocycles. The van der Waals surface area contributed by atoms with Gasteiger partial charge in [-0.1, -0.05) is 24.3 Å². The molecule has 1 aromatic rings. The highest BCUT2D eigenvalue weighted by molar-refractivity contribution is 5.69. The van der Waals surface area contributed by atoms with Crippen molar-refractivity contribution in [3.63, 3.8) is 0 Å². The predicted molar refractivity (Wildman–Crippen MR) is 52.2 cm³/mol. The van der Waals surface area contributed by atoms with E-state index in [2.05, 4.69) is 17.0 Å². The largest absolute Gasteiger partial charge is 0.373 e. The van der Waals surface area contributed by atoms with Gasteiger partial charge in [0.05, 0.1) is 6.42 Å². The van der Waals surface area contributed by atoms with Crippen LogP contribution in [0.3, 0.4) is 0 Å². The van der Waals surface area contributed by atoms with Crippen LogP contribution >= 0.6 is 0 Å². The third-order valence-electron chi connectivity index (χ3n) is 2.72. The monoisotopic (exact) mass is 191 g/mol. The normalized spacial score (nSPS) is 15.2. The predicted octanol–water partition coefficient (Wildman–Crippen LogP) is 1.21. The van der Waals surface area contributed by atoms with E-state index in [9.17, 15) is 4.79 Å². The van der Waals surface area contributed by atoms with Crippen LogP contribution in [-0.2, 0) is 22.5 Å². The Bertz CT molecular complexity index is 324. The Morgan fingerprint density at radius 3 is 2.43 bits per heavy atom. The molecule has 14 heavy (non-hydrogen) atoms. The van der Waals surface area contributed by atoms with Gasteiger partial charge in [-0.3, -0.25) is 4.79 Å². The molecule has 2 rings (SSSR count). The van der Waals surface area contributed by atoms with Gasteiger partial charge in [0, 0.05) is 0 Å². The Morgan fingerprint density at radius 2 is 1.93 bits per heavy atom. The summed E-state index contributed by atoms with van der Waals surface area (Å²) in [5.41, 5.74) is 2.70. The average molecular weight is 191 g/mol. The van der Waals surface area contributed by atoms with Gasteiger partial charge in [-0.05, 0) is 29.9 Å². The van der Waals surface area contributed by atoms with Crippen molar-refractivity contribution < 1.29 is 9.63 Å². The first-order valence-electron chi connectivity index (χ1n) is 4.76. The highest BCUT2D eigenvalue weighted by Crippen LogP contribution is 2.28. The fourth-order valence-electron chi connectivity index (χ4n) is 2.08. The zero-order valence-electron chi connectivity index (χ0n) is 7.90. The van der Waals surface area contributed by atoms with Crippen molar-refractivity contribution in [2.45, 2.75) is 19.3 Å². The molecule has 0 bridgehead atoms. The molecule has 1 aliphatic carbocycles. The van der Waals surface area contributed by atoms with Crippen LogP contribution in [0.15, 0.2) is 24.3 Å². The topological polar surface area (TPSA) is 52.3 Å². The van der Waals surface area contributed by atoms with Crippen LogP contribution in [0, 0.1) is 5.92 Å². The Balaban J connectivity index is 2.01. The SMILES string of the molecule is NOC(=O)CC1Cc2ccccc2C1. The Hall–Kier alpha value is -1.35. The second-order valence-corrected chi connectivity index (χ2v) is 3.74. The van der Waals surface area contributed by atoms with Gasteiger partial charge in [0.25, 0.3) is 0 Å². The first-order valence-corrected chi connectivity index (χ1v) is 4.76. The van der Waals surface area contributed by atoms with Gasteiger partial charge in [-0.2, -0.15) is 5.90 Å². The molecular weight excluding hydrogens is 178 g/mol. The summed E-state index contributed by atoms with van der Waals surface area (Å²) in [5.74, 6) is 4.85. The van der Waals surface area contributed by atoms with E-state index in [4.69, 9.17) is 5.90 Å². The van der Waals surface area contributed by atoms with E-state index in [-0.39, 0.29) is 5.97 Å². The molecule has 0 amide bonds. The minimum Gasteiger partial charge on any atom is -0.373 e. The molecule has 0 fully saturated rings. The van der Waals surface area contributed by atoms with Crippen LogP contribution in [-0.4, -0.2) is 5.97 Å². The van der Waals surface area contributed by atoms with E-state index in [1.807, 2.05) is 12.1 Å². The third kappa shape index (κ3) is 1.77. The highest BCUT2D eigenvalue weighted by atomic mass is 16.7. The molecular formula is C11H13NO2. The lowest BCUT2D eigenvalue weighted by Crippen LogP contribution is -2.15. The summed E-state index contributed by atoms with van der Waals surface area (Å²) in [7, 11) is 0. The van der Waals surface area contributed by atoms with E-state index in [0.717, 1.165) is 12.8 Å². The van der Waals surface area contributed by atoms with Crippen molar-refractivity contribution in [1.29, 1.82) is 0 Å². The quantitative estimate of drug-likeness (QED) is 0.715. The number of hydrogen-bond acceptors (Lipinski definition) is 3. The maximum atomic E-state index is 11.0. The Kier molecular flexibility index (Phi) is 2.50. The lowest BCUT2D eigenvalue weighted by molar-refractivity contribution is -0.145. The van der Waals surface area contributed by atoms with E-state index in [1.54, 1.807) is 0 Å². The average Bonchev–Trinajstić information content (AvgIpc) is 2.59. The van der Waals surface area contributed by atoms with Crippen LogP contribution < -0.4 is 5.90 Å². The first-order chi connectivity index (χ1) is 6.79. The van der Waals surface area contributed by atoms with E-state index in [0.29, 0.717) is 12.3 Å². The summed E-state index contributed by atoms with van der Waals surface area (Å²) < 4.78 is 0. The second kappa shape index (κ2) is 3.80. The van der Waals surface area contributed by atoms with Gasteiger partial charge in [-0.15, -0.1) is 0 Å². The van der Waals surface area contributed by atoms with Crippen LogP contribution in [0.25, 0.3) is 0 Å². The van der Waals surface area contributed by atoms with Crippen molar-refractivity contribution in [3.8, 4) is 0 Å². The van der Waals surface area contributed by atoms with Gasteiger partial charge in [0.15, 0.2) is 0 Å². The fourth-order valence-corrected chi connectivity index (χ4v) is 2.08. The number of benzene rings is 1. The molecule has 0 unspecified atom stereocenters. The van der Waals surface area contributed by atoms with Crippen molar-refractivity contribution in [2.75, 3.05) is 0 Å². The number of fused-ring (bicyclic) bond motifs is 1. The number of nitrogens with two attached hydrogens (primary N) is 1. The number of carbonyl (C=O) groups excluding carboxylic acids is 1. The summed E-state index contributed by atoms with van der Waals surface area (Å²) in [6, 6.07) is 8.29. The minimum atomic E-state index is -0.317. The van der Waals surface area contributed by atoms with Gasteiger partial charge in [0.2, 0.25) is 0 Å². The first kappa shape index (κ1) is 9.21. The van der Waals surface area contributed by atoms with Crippen LogP contribution in [0.4, 0.5) is 0 Å². The van der Waals surface area contributed by atoms with Gasteiger partial charge < -0.3 is 4.84 Å². The summed E-state index contributed by atoms with van der Waals surface area (Å²) >= 11 is 0. The van der Waals surface area contributed by atoms with Gasteiger partial charge >= 0.3 is 5.97 Å². The molecule has 0 aromatic heterocycles. The Morgan fingerprint density at radius 1 is 1.36 bits per heavy atom. The summed E-state index contributed by atoms with van der Waals surface area (Å²) in [5, 5.41) is 0. The van der Waals surface area contributed by atoms with E-state index >= 15 is 0 Å². The van der Waals surface area contributed by atoms with Crippen molar-refractivity contribution >= 4 is 5.97 Å². The molecule has 0 saturated carbocycles. The molecule has 3 nitrogen and oxygen atoms in total. The van der Waals surface area contributed by atoms with Crippen molar-refractivity contribution in [2.24, 2.45) is 11.8 Å². The summed E-state index contributed by atoms with van der Waals surface area (Å²) in [4.78, 5) is 15.1. The zero-order chi connectivity index (χ0) is 9.97. The number of hydrogen-bond donors (Lipinski definition) is 1. The highest BCUT2D eigenvalue weighted by Gasteiger charge is 2.23. The molecule has 3 heteroatoms. The number of carbonyl (C=O) groups is 1. The van der Waals surface area contributed by atoms with Gasteiger partial charge in [0.1, 0.15) is 0 Å². The maximum absolute atomic E-state index is 11.0. The molecule has 2 N–H and O–H groups in total. The second-order valence-electron chi connectivity index (χ2n) is 3.74. The van der Waals surface area contributed by atoms with Gasteiger partial charge in [-0.25, -0.2) is 0 Å². The molecule has 0 aliphatic heterocycles. The van der Waals surface area contributed by atoms with Crippen LogP contribution in [0.1, 0.15) is 17.5 Å². The van der Waals surface area contributed by atoms with Crippen molar-refractivity contribution in [3.05, 3.63) is 35.4 Å². The molecule has 74 valence electrons. The molecule has 0 radical (unpaired) electrons. The number of rotatable bonds is 2. The summed E-state index contributed by atoms with van der Waals surface area (Å²) in [6.45, 7) is 0. The standard InChI is InChI=1S/C11H13NO2/c12-14-11(13)7-8-5-9-3-1-2-4-10(9)6-8/h1-4,8H,5-7,12H2. The lowest BCUT2D eigenvalue weighted by Gasteiger charge is -2.05. The molecule has 0 atom stereocenters. The van der Waals surface area contributed by atoms with Crippen molar-refractivity contribution in [1.82, 2.24) is 0 Å². The molecule has 0 spiro atoms. The minimum absolute atomic E-state index is 0.317. The lowest BCUT2D eigenvalue weighted by atomic mass is 10.0. The third-order valence-corrected chi connectivity index (χ3v) is 2.72. The van der Waals surface area contributed by atoms with Crippen LogP contribution in [0.2, 0.25) is 0 Å². The zero-order valence-corrected chi connectivity index (χ0v) is 7.90. The van der Waals surface area contributed by atoms with E-state index in [1.165, 1.54) is 11.1 Å². The summed E-state index contributed by atoms with van der Waals surface area (Å²) in [6.07, 6.45) is 2.35. The van der Waals surface area contributed by atoms with E-state index < -0.39 is 0 Å². The Labute approximate surface area is 82.8 Å². The van der Waals surface area contributed by atoms with Crippen LogP contribution in [0.5, 0.6) is 0 Å². The molecule has 1 aliphatic rings. The fraction of sp³-hybridized carbons (Fsp3) is 0.364. The smallest absolute Gasteiger partial charge is 0.324 e. The maximum Gasteiger partial charge on any atom is 0.324 e. The molecule has 0 saturated heterocycles. The molecule has 0 heterocycles.